The van der Waals surface area contributed by atoms with Gasteiger partial charge in [0, 0.05) is 25.6 Å². The number of fused-ring (bicyclic) bond motifs is 1. The Morgan fingerprint density at radius 1 is 1.19 bits per heavy atom. The minimum absolute atomic E-state index is 0.367. The first-order valence-electron chi connectivity index (χ1n) is 8.26. The predicted octanol–water partition coefficient (Wildman–Crippen LogP) is 2.56. The molecule has 21 heavy (non-hydrogen) atoms. The molecular weight excluding hydrogens is 260 g/mol. The molecule has 0 unspecified atom stereocenters. The van der Waals surface area contributed by atoms with Gasteiger partial charge in [0.15, 0.2) is 0 Å². The number of rotatable bonds is 5. The molecule has 3 rings (SSSR count). The van der Waals surface area contributed by atoms with Gasteiger partial charge in [-0.05, 0) is 50.8 Å². The molecule has 114 valence electrons. The summed E-state index contributed by atoms with van der Waals surface area (Å²) in [7, 11) is 2.19. The van der Waals surface area contributed by atoms with Crippen molar-refractivity contribution in [1.29, 1.82) is 0 Å². The zero-order valence-corrected chi connectivity index (χ0v) is 13.0. The van der Waals surface area contributed by atoms with Gasteiger partial charge in [-0.3, -0.25) is 4.79 Å². The third kappa shape index (κ3) is 3.46. The van der Waals surface area contributed by atoms with E-state index in [1.54, 1.807) is 0 Å². The van der Waals surface area contributed by atoms with Gasteiger partial charge in [-0.25, -0.2) is 0 Å². The standard InChI is InChI=1S/C18H26N2O/c1-19-12-11-16-13-20(14-17(16)19)18(21)10-6-5-9-15-7-3-2-4-8-15/h2-4,7-8,16-17H,5-6,9-14H2,1H3/t16-,17+/m0/s1. The number of carbonyl (C=O) groups is 1. The third-order valence-electron chi connectivity index (χ3n) is 5.13. The summed E-state index contributed by atoms with van der Waals surface area (Å²) in [5.41, 5.74) is 1.38. The van der Waals surface area contributed by atoms with Crippen LogP contribution in [0.4, 0.5) is 0 Å². The number of amides is 1. The van der Waals surface area contributed by atoms with E-state index in [0.717, 1.165) is 44.7 Å². The second-order valence-corrected chi connectivity index (χ2v) is 6.59. The topological polar surface area (TPSA) is 23.6 Å². The van der Waals surface area contributed by atoms with E-state index >= 15 is 0 Å². The minimum atomic E-state index is 0.367. The third-order valence-corrected chi connectivity index (χ3v) is 5.13. The summed E-state index contributed by atoms with van der Waals surface area (Å²) < 4.78 is 0. The summed E-state index contributed by atoms with van der Waals surface area (Å²) in [5, 5.41) is 0. The molecule has 0 aliphatic carbocycles. The van der Waals surface area contributed by atoms with Crippen molar-refractivity contribution >= 4 is 5.91 Å². The highest BCUT2D eigenvalue weighted by Gasteiger charge is 2.40. The van der Waals surface area contributed by atoms with Crippen LogP contribution in [-0.4, -0.2) is 48.4 Å². The Hall–Kier alpha value is -1.35. The molecule has 2 aliphatic rings. The molecule has 0 bridgehead atoms. The van der Waals surface area contributed by atoms with E-state index < -0.39 is 0 Å². The molecule has 1 aromatic rings. The van der Waals surface area contributed by atoms with Gasteiger partial charge in [0.25, 0.3) is 0 Å². The molecule has 3 heteroatoms. The van der Waals surface area contributed by atoms with Crippen molar-refractivity contribution in [3.63, 3.8) is 0 Å². The SMILES string of the molecule is CN1CC[C@H]2CN(C(=O)CCCCc3ccccc3)C[C@H]21. The maximum absolute atomic E-state index is 12.3. The van der Waals surface area contributed by atoms with Gasteiger partial charge in [-0.15, -0.1) is 0 Å². The van der Waals surface area contributed by atoms with Crippen LogP contribution < -0.4 is 0 Å². The number of hydrogen-bond acceptors (Lipinski definition) is 2. The largest absolute Gasteiger partial charge is 0.341 e. The van der Waals surface area contributed by atoms with Crippen molar-refractivity contribution in [3.05, 3.63) is 35.9 Å². The molecule has 0 saturated carbocycles. The van der Waals surface area contributed by atoms with Crippen LogP contribution in [0.3, 0.4) is 0 Å². The van der Waals surface area contributed by atoms with Crippen molar-refractivity contribution in [2.24, 2.45) is 5.92 Å². The monoisotopic (exact) mass is 286 g/mol. The van der Waals surface area contributed by atoms with Crippen molar-refractivity contribution in [1.82, 2.24) is 9.80 Å². The normalized spacial score (nSPS) is 25.3. The highest BCUT2D eigenvalue weighted by molar-refractivity contribution is 5.76. The van der Waals surface area contributed by atoms with E-state index in [2.05, 4.69) is 41.1 Å². The van der Waals surface area contributed by atoms with Gasteiger partial charge in [-0.1, -0.05) is 30.3 Å². The number of unbranched alkanes of at least 4 members (excludes halogenated alkanes) is 1. The molecule has 2 saturated heterocycles. The van der Waals surface area contributed by atoms with Crippen LogP contribution in [0.25, 0.3) is 0 Å². The molecule has 3 nitrogen and oxygen atoms in total. The highest BCUT2D eigenvalue weighted by Crippen LogP contribution is 2.30. The van der Waals surface area contributed by atoms with Crippen LogP contribution in [-0.2, 0) is 11.2 Å². The molecule has 0 N–H and O–H groups in total. The summed E-state index contributed by atoms with van der Waals surface area (Å²) >= 11 is 0. The lowest BCUT2D eigenvalue weighted by molar-refractivity contribution is -0.130. The van der Waals surface area contributed by atoms with Gasteiger partial charge in [0.1, 0.15) is 0 Å². The van der Waals surface area contributed by atoms with Crippen molar-refractivity contribution in [2.45, 2.75) is 38.1 Å². The fourth-order valence-electron chi connectivity index (χ4n) is 3.78. The van der Waals surface area contributed by atoms with Crippen LogP contribution in [0.1, 0.15) is 31.2 Å². The van der Waals surface area contributed by atoms with Crippen molar-refractivity contribution < 1.29 is 4.79 Å². The Morgan fingerprint density at radius 3 is 2.76 bits per heavy atom. The summed E-state index contributed by atoms with van der Waals surface area (Å²) in [5.74, 6) is 1.09. The molecule has 0 radical (unpaired) electrons. The van der Waals surface area contributed by atoms with E-state index in [1.807, 2.05) is 6.07 Å². The maximum atomic E-state index is 12.3. The molecule has 0 spiro atoms. The van der Waals surface area contributed by atoms with E-state index in [4.69, 9.17) is 0 Å². The van der Waals surface area contributed by atoms with Crippen LogP contribution in [0, 0.1) is 5.92 Å². The lowest BCUT2D eigenvalue weighted by atomic mass is 10.1. The van der Waals surface area contributed by atoms with E-state index in [-0.39, 0.29) is 0 Å². The maximum Gasteiger partial charge on any atom is 0.222 e. The fourth-order valence-corrected chi connectivity index (χ4v) is 3.78. The van der Waals surface area contributed by atoms with Gasteiger partial charge in [-0.2, -0.15) is 0 Å². The highest BCUT2D eigenvalue weighted by atomic mass is 16.2. The number of hydrogen-bond donors (Lipinski definition) is 0. The summed E-state index contributed by atoms with van der Waals surface area (Å²) in [6.07, 6.45) is 5.18. The Bertz CT molecular complexity index is 473. The lowest BCUT2D eigenvalue weighted by Crippen LogP contribution is -2.34. The quantitative estimate of drug-likeness (QED) is 0.777. The second-order valence-electron chi connectivity index (χ2n) is 6.59. The molecule has 2 heterocycles. The Balaban J connectivity index is 1.37. The summed E-state index contributed by atoms with van der Waals surface area (Å²) in [6, 6.07) is 11.2. The number of likely N-dealkylation sites (tertiary alicyclic amines) is 2. The molecule has 1 aromatic carbocycles. The van der Waals surface area contributed by atoms with Gasteiger partial charge < -0.3 is 9.80 Å². The average molecular weight is 286 g/mol. The van der Waals surface area contributed by atoms with Crippen molar-refractivity contribution in [3.8, 4) is 0 Å². The van der Waals surface area contributed by atoms with Gasteiger partial charge >= 0.3 is 0 Å². The van der Waals surface area contributed by atoms with Gasteiger partial charge in [0.05, 0.1) is 0 Å². The number of aryl methyl sites for hydroxylation is 1. The number of nitrogens with zero attached hydrogens (tertiary/aromatic N) is 2. The lowest BCUT2D eigenvalue weighted by Gasteiger charge is -2.20. The second kappa shape index (κ2) is 6.61. The predicted molar refractivity (Wildman–Crippen MR) is 85.1 cm³/mol. The number of likely N-dealkylation sites (N-methyl/N-ethyl adjacent to an activating group) is 1. The molecule has 1 amide bonds. The number of benzene rings is 1. The van der Waals surface area contributed by atoms with Crippen LogP contribution in [0.5, 0.6) is 0 Å². The van der Waals surface area contributed by atoms with Crippen LogP contribution in [0.2, 0.25) is 0 Å². The summed E-state index contributed by atoms with van der Waals surface area (Å²) in [6.45, 7) is 3.15. The first-order chi connectivity index (χ1) is 10.2. The van der Waals surface area contributed by atoms with Crippen molar-refractivity contribution in [2.75, 3.05) is 26.7 Å². The molecule has 2 aliphatic heterocycles. The zero-order valence-electron chi connectivity index (χ0n) is 13.0. The Morgan fingerprint density at radius 2 is 2.00 bits per heavy atom. The number of carbonyl (C=O) groups excluding carboxylic acids is 1. The van der Waals surface area contributed by atoms with Crippen LogP contribution in [0.15, 0.2) is 30.3 Å². The first-order valence-corrected chi connectivity index (χ1v) is 8.26. The molecular formula is C18H26N2O. The molecule has 2 fully saturated rings. The minimum Gasteiger partial charge on any atom is -0.341 e. The summed E-state index contributed by atoms with van der Waals surface area (Å²) in [4.78, 5) is 16.8. The van der Waals surface area contributed by atoms with E-state index in [1.165, 1.54) is 18.5 Å². The smallest absolute Gasteiger partial charge is 0.222 e. The average Bonchev–Trinajstić information content (AvgIpc) is 3.07. The van der Waals surface area contributed by atoms with Gasteiger partial charge in [0.2, 0.25) is 5.91 Å². The molecule has 2 atom stereocenters. The molecule has 0 aromatic heterocycles. The zero-order chi connectivity index (χ0) is 14.7. The van der Waals surface area contributed by atoms with E-state index in [9.17, 15) is 4.79 Å². The Labute approximate surface area is 127 Å². The fraction of sp³-hybridized carbons (Fsp3) is 0.611. The Kier molecular flexibility index (Phi) is 4.59. The van der Waals surface area contributed by atoms with Crippen LogP contribution >= 0.6 is 0 Å². The van der Waals surface area contributed by atoms with E-state index in [0.29, 0.717) is 11.9 Å². The first kappa shape index (κ1) is 14.6.